The van der Waals surface area contributed by atoms with Crippen molar-refractivity contribution in [2.75, 3.05) is 5.32 Å². The zero-order chi connectivity index (χ0) is 17.8. The molecule has 9 heteroatoms. The van der Waals surface area contributed by atoms with E-state index in [1.54, 1.807) is 37.5 Å². The fraction of sp³-hybridized carbons (Fsp3) is 0.125. The van der Waals surface area contributed by atoms with Crippen LogP contribution in [-0.4, -0.2) is 25.5 Å². The SMILES string of the molecule is Cn1ncc(C#N)c1NC(=O)c1ccn(COc2ccccc2Cl)n1. The van der Waals surface area contributed by atoms with E-state index in [4.69, 9.17) is 21.6 Å². The summed E-state index contributed by atoms with van der Waals surface area (Å²) in [4.78, 5) is 12.3. The Morgan fingerprint density at radius 1 is 1.40 bits per heavy atom. The van der Waals surface area contributed by atoms with Crippen molar-refractivity contribution < 1.29 is 9.53 Å². The van der Waals surface area contributed by atoms with Gasteiger partial charge in [0.25, 0.3) is 5.91 Å². The first-order valence-corrected chi connectivity index (χ1v) is 7.60. The molecule has 25 heavy (non-hydrogen) atoms. The Kier molecular flexibility index (Phi) is 4.68. The smallest absolute Gasteiger partial charge is 0.277 e. The summed E-state index contributed by atoms with van der Waals surface area (Å²) in [5.74, 6) is 0.394. The van der Waals surface area contributed by atoms with Gasteiger partial charge in [-0.3, -0.25) is 9.48 Å². The number of rotatable bonds is 5. The Morgan fingerprint density at radius 3 is 2.96 bits per heavy atom. The van der Waals surface area contributed by atoms with Gasteiger partial charge in [-0.05, 0) is 18.2 Å². The molecule has 1 amide bonds. The van der Waals surface area contributed by atoms with Gasteiger partial charge in [-0.25, -0.2) is 4.68 Å². The van der Waals surface area contributed by atoms with E-state index in [-0.39, 0.29) is 18.0 Å². The number of hydrogen-bond donors (Lipinski definition) is 1. The monoisotopic (exact) mass is 356 g/mol. The van der Waals surface area contributed by atoms with Crippen molar-refractivity contribution >= 4 is 23.3 Å². The summed E-state index contributed by atoms with van der Waals surface area (Å²) < 4.78 is 8.43. The Hall–Kier alpha value is -3.31. The topological polar surface area (TPSA) is 97.8 Å². The van der Waals surface area contributed by atoms with Gasteiger partial charge in [0.15, 0.2) is 12.4 Å². The average Bonchev–Trinajstić information content (AvgIpc) is 3.22. The molecule has 0 unspecified atom stereocenters. The molecule has 0 aliphatic carbocycles. The normalized spacial score (nSPS) is 10.3. The highest BCUT2D eigenvalue weighted by molar-refractivity contribution is 6.32. The van der Waals surface area contributed by atoms with Crippen molar-refractivity contribution in [1.82, 2.24) is 19.6 Å². The van der Waals surface area contributed by atoms with E-state index in [0.29, 0.717) is 16.6 Å². The van der Waals surface area contributed by atoms with Crippen LogP contribution in [-0.2, 0) is 13.8 Å². The van der Waals surface area contributed by atoms with Gasteiger partial charge >= 0.3 is 0 Å². The first-order valence-electron chi connectivity index (χ1n) is 7.22. The van der Waals surface area contributed by atoms with E-state index >= 15 is 0 Å². The number of aryl methyl sites for hydroxylation is 1. The number of nitrogens with zero attached hydrogens (tertiary/aromatic N) is 5. The number of aromatic nitrogens is 4. The number of hydrogen-bond acceptors (Lipinski definition) is 5. The number of nitriles is 1. The molecular weight excluding hydrogens is 344 g/mol. The van der Waals surface area contributed by atoms with E-state index < -0.39 is 5.91 Å². The van der Waals surface area contributed by atoms with Gasteiger partial charge in [0.05, 0.1) is 11.2 Å². The van der Waals surface area contributed by atoms with E-state index in [1.165, 1.54) is 15.6 Å². The van der Waals surface area contributed by atoms with Crippen LogP contribution in [0.2, 0.25) is 5.02 Å². The van der Waals surface area contributed by atoms with Crippen LogP contribution >= 0.6 is 11.6 Å². The van der Waals surface area contributed by atoms with Gasteiger partial charge in [0.1, 0.15) is 23.2 Å². The third-order valence-corrected chi connectivity index (χ3v) is 3.67. The summed E-state index contributed by atoms with van der Waals surface area (Å²) in [5, 5.41) is 20.2. The second-order valence-corrected chi connectivity index (χ2v) is 5.45. The van der Waals surface area contributed by atoms with Gasteiger partial charge in [-0.15, -0.1) is 0 Å². The highest BCUT2D eigenvalue weighted by Crippen LogP contribution is 2.23. The van der Waals surface area contributed by atoms with E-state index in [9.17, 15) is 4.79 Å². The number of halogens is 1. The Bertz CT molecular complexity index is 956. The molecule has 0 fully saturated rings. The molecule has 0 saturated heterocycles. The molecule has 0 spiro atoms. The number of benzene rings is 1. The summed E-state index contributed by atoms with van der Waals surface area (Å²) >= 11 is 6.02. The standard InChI is InChI=1S/C16H13ClN6O2/c1-22-15(11(8-18)9-19-22)20-16(24)13-6-7-23(21-13)10-25-14-5-3-2-4-12(14)17/h2-7,9H,10H2,1H3,(H,20,24). The third-order valence-electron chi connectivity index (χ3n) is 3.35. The van der Waals surface area contributed by atoms with Crippen LogP contribution < -0.4 is 10.1 Å². The molecule has 126 valence electrons. The molecule has 0 aliphatic rings. The van der Waals surface area contributed by atoms with Crippen LogP contribution in [0.4, 0.5) is 5.82 Å². The largest absolute Gasteiger partial charge is 0.470 e. The maximum atomic E-state index is 12.3. The van der Waals surface area contributed by atoms with E-state index in [0.717, 1.165) is 0 Å². The molecule has 1 aromatic carbocycles. The molecule has 0 saturated carbocycles. The number of ether oxygens (including phenoxy) is 1. The lowest BCUT2D eigenvalue weighted by atomic mass is 10.3. The van der Waals surface area contributed by atoms with E-state index in [2.05, 4.69) is 15.5 Å². The van der Waals surface area contributed by atoms with Crippen molar-refractivity contribution in [2.45, 2.75) is 6.73 Å². The minimum atomic E-state index is -0.448. The summed E-state index contributed by atoms with van der Waals surface area (Å²) in [5.41, 5.74) is 0.463. The fourth-order valence-corrected chi connectivity index (χ4v) is 2.28. The Balaban J connectivity index is 1.67. The molecule has 2 heterocycles. The lowest BCUT2D eigenvalue weighted by molar-refractivity contribution is 0.101. The molecule has 3 rings (SSSR count). The first kappa shape index (κ1) is 16.5. The summed E-state index contributed by atoms with van der Waals surface area (Å²) in [6.45, 7) is 0.103. The van der Waals surface area contributed by atoms with E-state index in [1.807, 2.05) is 12.1 Å². The zero-order valence-corrected chi connectivity index (χ0v) is 13.9. The predicted octanol–water partition coefficient (Wildman–Crippen LogP) is 2.43. The van der Waals surface area contributed by atoms with Crippen LogP contribution in [0.5, 0.6) is 5.75 Å². The molecular formula is C16H13ClN6O2. The minimum absolute atomic E-state index is 0.103. The van der Waals surface area contributed by atoms with Crippen molar-refractivity contribution in [3.63, 3.8) is 0 Å². The van der Waals surface area contributed by atoms with Crippen LogP contribution in [0.25, 0.3) is 0 Å². The second kappa shape index (κ2) is 7.07. The van der Waals surface area contributed by atoms with Crippen LogP contribution in [0.15, 0.2) is 42.7 Å². The molecule has 0 atom stereocenters. The lowest BCUT2D eigenvalue weighted by Crippen LogP contribution is -2.17. The van der Waals surface area contributed by atoms with Gasteiger partial charge < -0.3 is 10.1 Å². The molecule has 2 aromatic heterocycles. The molecule has 0 bridgehead atoms. The lowest BCUT2D eigenvalue weighted by Gasteiger charge is -2.07. The molecule has 3 aromatic rings. The molecule has 0 radical (unpaired) electrons. The predicted molar refractivity (Wildman–Crippen MR) is 90.2 cm³/mol. The molecule has 1 N–H and O–H groups in total. The van der Waals surface area contributed by atoms with Gasteiger partial charge in [-0.1, -0.05) is 23.7 Å². The van der Waals surface area contributed by atoms with Gasteiger partial charge in [0, 0.05) is 13.2 Å². The number of amides is 1. The zero-order valence-electron chi connectivity index (χ0n) is 13.2. The summed E-state index contributed by atoms with van der Waals surface area (Å²) in [6.07, 6.45) is 2.99. The quantitative estimate of drug-likeness (QED) is 0.757. The number of carbonyl (C=O) groups is 1. The molecule has 0 aliphatic heterocycles. The first-order chi connectivity index (χ1) is 12.1. The van der Waals surface area contributed by atoms with Crippen molar-refractivity contribution in [1.29, 1.82) is 5.26 Å². The Morgan fingerprint density at radius 2 is 2.20 bits per heavy atom. The van der Waals surface area contributed by atoms with Gasteiger partial charge in [0.2, 0.25) is 0 Å². The number of carbonyl (C=O) groups excluding carboxylic acids is 1. The fourth-order valence-electron chi connectivity index (χ4n) is 2.09. The van der Waals surface area contributed by atoms with Crippen LogP contribution in [0.3, 0.4) is 0 Å². The van der Waals surface area contributed by atoms with Crippen molar-refractivity contribution in [3.8, 4) is 11.8 Å². The second-order valence-electron chi connectivity index (χ2n) is 5.04. The van der Waals surface area contributed by atoms with Crippen LogP contribution in [0, 0.1) is 11.3 Å². The minimum Gasteiger partial charge on any atom is -0.470 e. The number of para-hydroxylation sites is 1. The maximum absolute atomic E-state index is 12.3. The summed E-state index contributed by atoms with van der Waals surface area (Å²) in [6, 6.07) is 10.6. The summed E-state index contributed by atoms with van der Waals surface area (Å²) in [7, 11) is 1.63. The number of anilines is 1. The maximum Gasteiger partial charge on any atom is 0.277 e. The Labute approximate surface area is 148 Å². The number of nitrogens with one attached hydrogen (secondary N) is 1. The third kappa shape index (κ3) is 3.62. The highest BCUT2D eigenvalue weighted by Gasteiger charge is 2.15. The van der Waals surface area contributed by atoms with Crippen LogP contribution in [0.1, 0.15) is 16.1 Å². The highest BCUT2D eigenvalue weighted by atomic mass is 35.5. The van der Waals surface area contributed by atoms with Crippen molar-refractivity contribution in [3.05, 3.63) is 59.0 Å². The molecule has 8 nitrogen and oxygen atoms in total. The average molecular weight is 357 g/mol. The van der Waals surface area contributed by atoms with Gasteiger partial charge in [-0.2, -0.15) is 15.5 Å². The van der Waals surface area contributed by atoms with Crippen molar-refractivity contribution in [2.24, 2.45) is 7.05 Å².